The van der Waals surface area contributed by atoms with Crippen LogP contribution < -0.4 is 9.73 Å². The Labute approximate surface area is 215 Å². The number of rotatable bonds is 7. The van der Waals surface area contributed by atoms with Crippen LogP contribution >= 0.6 is 11.6 Å². The van der Waals surface area contributed by atoms with Crippen LogP contribution in [0.25, 0.3) is 10.8 Å². The van der Waals surface area contributed by atoms with Gasteiger partial charge in [-0.2, -0.15) is 5.10 Å². The van der Waals surface area contributed by atoms with Crippen LogP contribution in [0.3, 0.4) is 0 Å². The lowest BCUT2D eigenvalue weighted by Gasteiger charge is -2.24. The van der Waals surface area contributed by atoms with E-state index in [0.29, 0.717) is 10.7 Å². The summed E-state index contributed by atoms with van der Waals surface area (Å²) in [6.45, 7) is 1.36. The fourth-order valence-electron chi connectivity index (χ4n) is 4.49. The second kappa shape index (κ2) is 9.76. The normalized spacial score (nSPS) is 12.8. The number of anilines is 1. The third-order valence-electron chi connectivity index (χ3n) is 6.37. The van der Waals surface area contributed by atoms with Gasteiger partial charge in [-0.15, -0.1) is 0 Å². The molecule has 4 aromatic carbocycles. The molecule has 0 saturated carbocycles. The number of benzene rings is 4. The number of carbonyl (C=O) groups excluding carboxylic acids is 1. The smallest absolute Gasteiger partial charge is 0.264 e. The van der Waals surface area contributed by atoms with Crippen LogP contribution in [0.15, 0.2) is 88.9 Å². The number of halogens is 1. The Kier molecular flexibility index (Phi) is 6.51. The number of nitrogens with one attached hydrogen (secondary N) is 1. The zero-order valence-electron chi connectivity index (χ0n) is 19.6. The second-order valence-corrected chi connectivity index (χ2v) is 11.0. The van der Waals surface area contributed by atoms with E-state index in [4.69, 9.17) is 11.6 Å². The molecule has 1 N–H and O–H groups in total. The number of aryl methyl sites for hydroxylation is 3. The zero-order valence-corrected chi connectivity index (χ0v) is 21.2. The highest BCUT2D eigenvalue weighted by Crippen LogP contribution is 2.32. The van der Waals surface area contributed by atoms with E-state index in [1.54, 1.807) is 42.6 Å². The maximum atomic E-state index is 13.4. The number of hydrazone groups is 1. The Hall–Kier alpha value is -3.68. The van der Waals surface area contributed by atoms with Crippen molar-refractivity contribution in [3.05, 3.63) is 106 Å². The van der Waals surface area contributed by atoms with Gasteiger partial charge in [0.25, 0.3) is 15.9 Å². The molecule has 1 aliphatic rings. The Morgan fingerprint density at radius 1 is 1.00 bits per heavy atom. The molecule has 1 amide bonds. The summed E-state index contributed by atoms with van der Waals surface area (Å²) in [4.78, 5) is 12.9. The van der Waals surface area contributed by atoms with Gasteiger partial charge in [0.05, 0.1) is 16.8 Å². The predicted octanol–water partition coefficient (Wildman–Crippen LogP) is 5.25. The van der Waals surface area contributed by atoms with E-state index in [-0.39, 0.29) is 4.90 Å². The van der Waals surface area contributed by atoms with Crippen LogP contribution in [0.2, 0.25) is 5.02 Å². The highest BCUT2D eigenvalue weighted by atomic mass is 35.5. The van der Waals surface area contributed by atoms with Crippen LogP contribution in [-0.2, 0) is 27.7 Å². The van der Waals surface area contributed by atoms with Gasteiger partial charge in [-0.1, -0.05) is 66.2 Å². The number of amides is 1. The van der Waals surface area contributed by atoms with Crippen molar-refractivity contribution in [2.24, 2.45) is 5.10 Å². The predicted molar refractivity (Wildman–Crippen MR) is 144 cm³/mol. The lowest BCUT2D eigenvalue weighted by molar-refractivity contribution is -0.119. The number of carbonyl (C=O) groups is 1. The van der Waals surface area contributed by atoms with Gasteiger partial charge in [-0.3, -0.25) is 9.10 Å². The Balaban J connectivity index is 1.40. The molecular formula is C28H24ClN3O3S. The van der Waals surface area contributed by atoms with Crippen LogP contribution in [0.5, 0.6) is 0 Å². The largest absolute Gasteiger partial charge is 0.271 e. The quantitative estimate of drug-likeness (QED) is 0.269. The summed E-state index contributed by atoms with van der Waals surface area (Å²) in [5.74, 6) is -0.576. The number of sulfonamides is 1. The fourth-order valence-corrected chi connectivity index (χ4v) is 6.10. The summed E-state index contributed by atoms with van der Waals surface area (Å²) in [7, 11) is -4.03. The third-order valence-corrected chi connectivity index (χ3v) is 8.56. The van der Waals surface area contributed by atoms with Gasteiger partial charge in [0, 0.05) is 10.6 Å². The molecule has 0 aromatic heterocycles. The van der Waals surface area contributed by atoms with Gasteiger partial charge < -0.3 is 0 Å². The van der Waals surface area contributed by atoms with Crippen molar-refractivity contribution in [2.45, 2.75) is 24.7 Å². The van der Waals surface area contributed by atoms with Gasteiger partial charge in [0.15, 0.2) is 0 Å². The fraction of sp³-hybridized carbons (Fsp3) is 0.143. The minimum atomic E-state index is -4.03. The molecule has 0 heterocycles. The van der Waals surface area contributed by atoms with Crippen LogP contribution in [0.1, 0.15) is 22.3 Å². The molecular weight excluding hydrogens is 494 g/mol. The summed E-state index contributed by atoms with van der Waals surface area (Å²) >= 11 is 6.27. The van der Waals surface area contributed by atoms with Crippen LogP contribution in [0, 0.1) is 6.92 Å². The molecule has 0 bridgehead atoms. The minimum absolute atomic E-state index is 0.0749. The maximum Gasteiger partial charge on any atom is 0.264 e. The van der Waals surface area contributed by atoms with E-state index in [1.807, 2.05) is 25.1 Å². The standard InChI is InChI=1S/C28H24ClN3O3S/c1-19-10-15-23(16-26(19)29)32(36(34,35)24-7-3-2-4-8-24)18-27(33)31-30-17-22-14-13-21-12-11-20-6-5-9-25(22)28(20)21/h2-10,13-17H,11-12,18H2,1H3,(H,31,33)/b30-17-. The Morgan fingerprint density at radius 2 is 1.75 bits per heavy atom. The van der Waals surface area contributed by atoms with Gasteiger partial charge >= 0.3 is 0 Å². The molecule has 4 aromatic rings. The summed E-state index contributed by atoms with van der Waals surface area (Å²) in [6, 6.07) is 23.2. The summed E-state index contributed by atoms with van der Waals surface area (Å²) in [5.41, 5.74) is 7.10. The van der Waals surface area contributed by atoms with Crippen molar-refractivity contribution < 1.29 is 13.2 Å². The van der Waals surface area contributed by atoms with Crippen molar-refractivity contribution in [1.82, 2.24) is 5.43 Å². The first-order valence-corrected chi connectivity index (χ1v) is 13.4. The van der Waals surface area contributed by atoms with Gasteiger partial charge in [0.2, 0.25) is 0 Å². The van der Waals surface area contributed by atoms with Crippen molar-refractivity contribution >= 4 is 50.2 Å². The van der Waals surface area contributed by atoms with E-state index in [2.05, 4.69) is 22.7 Å². The first-order chi connectivity index (χ1) is 17.3. The zero-order chi connectivity index (χ0) is 25.3. The first-order valence-electron chi connectivity index (χ1n) is 11.5. The van der Waals surface area contributed by atoms with E-state index in [9.17, 15) is 13.2 Å². The molecule has 6 nitrogen and oxygen atoms in total. The van der Waals surface area contributed by atoms with Crippen molar-refractivity contribution in [2.75, 3.05) is 10.8 Å². The molecule has 182 valence electrons. The number of hydrogen-bond donors (Lipinski definition) is 1. The highest BCUT2D eigenvalue weighted by molar-refractivity contribution is 7.92. The minimum Gasteiger partial charge on any atom is -0.271 e. The summed E-state index contributed by atoms with van der Waals surface area (Å²) < 4.78 is 27.9. The number of nitrogens with zero attached hydrogens (tertiary/aromatic N) is 2. The average Bonchev–Trinajstić information content (AvgIpc) is 3.31. The van der Waals surface area contributed by atoms with E-state index in [0.717, 1.165) is 33.7 Å². The molecule has 0 aliphatic heterocycles. The molecule has 8 heteroatoms. The van der Waals surface area contributed by atoms with E-state index in [1.165, 1.54) is 28.6 Å². The Morgan fingerprint density at radius 3 is 2.50 bits per heavy atom. The molecule has 0 atom stereocenters. The summed E-state index contributed by atoms with van der Waals surface area (Å²) in [5, 5.41) is 6.88. The van der Waals surface area contributed by atoms with Crippen LogP contribution in [0.4, 0.5) is 5.69 Å². The molecule has 0 fully saturated rings. The lowest BCUT2D eigenvalue weighted by Crippen LogP contribution is -2.39. The Bertz CT molecular complexity index is 1590. The molecule has 0 spiro atoms. The molecule has 0 saturated heterocycles. The van der Waals surface area contributed by atoms with E-state index < -0.39 is 22.5 Å². The molecule has 0 radical (unpaired) electrons. The lowest BCUT2D eigenvalue weighted by atomic mass is 10.0. The monoisotopic (exact) mass is 517 g/mol. The second-order valence-electron chi connectivity index (χ2n) is 8.71. The van der Waals surface area contributed by atoms with Crippen molar-refractivity contribution in [3.8, 4) is 0 Å². The first kappa shape index (κ1) is 24.0. The van der Waals surface area contributed by atoms with Gasteiger partial charge in [-0.05, 0) is 71.5 Å². The van der Waals surface area contributed by atoms with Gasteiger partial charge in [-0.25, -0.2) is 13.8 Å². The summed E-state index contributed by atoms with van der Waals surface area (Å²) in [6.07, 6.45) is 3.65. The SMILES string of the molecule is Cc1ccc(N(CC(=O)N/N=C\c2ccc3c4c(cccc24)CC3)S(=O)(=O)c2ccccc2)cc1Cl. The molecule has 1 aliphatic carbocycles. The number of hydrogen-bond acceptors (Lipinski definition) is 4. The topological polar surface area (TPSA) is 78.8 Å². The maximum absolute atomic E-state index is 13.4. The third kappa shape index (κ3) is 4.59. The molecule has 5 rings (SSSR count). The van der Waals surface area contributed by atoms with Crippen molar-refractivity contribution in [3.63, 3.8) is 0 Å². The van der Waals surface area contributed by atoms with Crippen molar-refractivity contribution in [1.29, 1.82) is 0 Å². The average molecular weight is 518 g/mol. The molecule has 0 unspecified atom stereocenters. The van der Waals surface area contributed by atoms with Crippen LogP contribution in [-0.4, -0.2) is 27.1 Å². The highest BCUT2D eigenvalue weighted by Gasteiger charge is 2.27. The van der Waals surface area contributed by atoms with Gasteiger partial charge in [0.1, 0.15) is 6.54 Å². The van der Waals surface area contributed by atoms with E-state index >= 15 is 0 Å². The molecule has 36 heavy (non-hydrogen) atoms.